The third kappa shape index (κ3) is 6.54. The van der Waals surface area contributed by atoms with Gasteiger partial charge in [0.15, 0.2) is 6.29 Å². The molecule has 40 heavy (non-hydrogen) atoms. The van der Waals surface area contributed by atoms with Crippen LogP contribution in [0.15, 0.2) is 36.4 Å². The Hall–Kier alpha value is -2.85. The minimum atomic E-state index is -5.20. The van der Waals surface area contributed by atoms with Crippen LogP contribution in [0, 0.1) is 11.8 Å². The van der Waals surface area contributed by atoms with Crippen molar-refractivity contribution in [3.63, 3.8) is 0 Å². The van der Waals surface area contributed by atoms with E-state index in [-0.39, 0.29) is 30.1 Å². The largest absolute Gasteiger partial charge is 0.491 e. The Morgan fingerprint density at radius 3 is 2.27 bits per heavy atom. The van der Waals surface area contributed by atoms with Crippen molar-refractivity contribution in [2.75, 3.05) is 31.1 Å². The minimum Gasteiger partial charge on any atom is -0.491 e. The van der Waals surface area contributed by atoms with E-state index in [9.17, 15) is 27.9 Å². The van der Waals surface area contributed by atoms with Gasteiger partial charge in [0.05, 0.1) is 11.7 Å². The number of rotatable bonds is 8. The summed E-state index contributed by atoms with van der Waals surface area (Å²) >= 11 is 6.07. The van der Waals surface area contributed by atoms with Crippen molar-refractivity contribution in [2.24, 2.45) is 11.8 Å². The number of aromatic nitrogens is 1. The number of pyridine rings is 1. The van der Waals surface area contributed by atoms with Gasteiger partial charge in [-0.15, -0.1) is 0 Å². The molecule has 2 aromatic rings. The van der Waals surface area contributed by atoms with Gasteiger partial charge < -0.3 is 19.6 Å². The van der Waals surface area contributed by atoms with Crippen LogP contribution in [0.5, 0.6) is 5.75 Å². The van der Waals surface area contributed by atoms with Gasteiger partial charge >= 0.3 is 6.18 Å². The maximum absolute atomic E-state index is 14.2. The predicted molar refractivity (Wildman–Crippen MR) is 146 cm³/mol. The maximum Gasteiger partial charge on any atom is 0.430 e. The summed E-state index contributed by atoms with van der Waals surface area (Å²) in [4.78, 5) is 31.8. The number of halogens is 4. The number of ether oxygens (including phenoxy) is 1. The van der Waals surface area contributed by atoms with Crippen LogP contribution in [-0.4, -0.2) is 65.6 Å². The molecule has 1 amide bonds. The molecular weight excluding hydrogens is 547 g/mol. The zero-order valence-corrected chi connectivity index (χ0v) is 23.4. The second-order valence-electron chi connectivity index (χ2n) is 11.0. The lowest BCUT2D eigenvalue weighted by Gasteiger charge is -2.40. The average Bonchev–Trinajstić information content (AvgIpc) is 2.92. The molecule has 218 valence electrons. The van der Waals surface area contributed by atoms with Gasteiger partial charge in [-0.1, -0.05) is 23.7 Å². The normalized spacial score (nSPS) is 19.0. The number of aldehydes is 1. The van der Waals surface area contributed by atoms with Gasteiger partial charge in [-0.2, -0.15) is 13.2 Å². The smallest absolute Gasteiger partial charge is 0.430 e. The van der Waals surface area contributed by atoms with Crippen molar-refractivity contribution in [3.05, 3.63) is 52.7 Å². The Labute approximate surface area is 237 Å². The average molecular weight is 582 g/mol. The van der Waals surface area contributed by atoms with E-state index in [0.717, 1.165) is 55.2 Å². The number of hydrogen-bond donors (Lipinski definition) is 1. The van der Waals surface area contributed by atoms with Gasteiger partial charge in [-0.25, -0.2) is 4.98 Å². The van der Waals surface area contributed by atoms with E-state index < -0.39 is 23.2 Å². The summed E-state index contributed by atoms with van der Waals surface area (Å²) in [5, 5.41) is 11.1. The number of aliphatic hydroxyl groups is 1. The number of alkyl halides is 3. The Bertz CT molecular complexity index is 1200. The maximum atomic E-state index is 14.2. The molecule has 2 fully saturated rings. The summed E-state index contributed by atoms with van der Waals surface area (Å²) in [7, 11) is 0. The number of likely N-dealkylation sites (tertiary alicyclic amines) is 1. The molecule has 11 heteroatoms. The van der Waals surface area contributed by atoms with Crippen molar-refractivity contribution in [2.45, 2.75) is 63.8 Å². The summed E-state index contributed by atoms with van der Waals surface area (Å²) in [5.41, 5.74) is -3.84. The molecule has 0 bridgehead atoms. The molecule has 1 unspecified atom stereocenters. The van der Waals surface area contributed by atoms with Gasteiger partial charge in [-0.3, -0.25) is 9.59 Å². The number of hydrogen-bond acceptors (Lipinski definition) is 6. The zero-order valence-electron chi connectivity index (χ0n) is 22.7. The summed E-state index contributed by atoms with van der Waals surface area (Å²) in [6, 6.07) is 8.49. The lowest BCUT2D eigenvalue weighted by Crippen LogP contribution is -2.57. The van der Waals surface area contributed by atoms with E-state index in [2.05, 4.69) is 9.88 Å². The third-order valence-corrected chi connectivity index (χ3v) is 8.14. The highest BCUT2D eigenvalue weighted by Gasteiger charge is 2.62. The molecular formula is C29H35ClF3N3O4. The molecule has 3 heterocycles. The molecule has 1 aromatic heterocycles. The molecule has 0 radical (unpaired) electrons. The number of amides is 1. The Morgan fingerprint density at radius 1 is 1.10 bits per heavy atom. The molecule has 1 N–H and O–H groups in total. The fourth-order valence-electron chi connectivity index (χ4n) is 5.64. The number of benzene rings is 1. The number of anilines is 1. The topological polar surface area (TPSA) is 83.0 Å². The quantitative estimate of drug-likeness (QED) is 0.321. The van der Waals surface area contributed by atoms with Crippen molar-refractivity contribution < 1.29 is 32.6 Å². The van der Waals surface area contributed by atoms with Crippen molar-refractivity contribution in [1.82, 2.24) is 9.88 Å². The van der Waals surface area contributed by atoms with Crippen LogP contribution in [0.4, 0.5) is 19.0 Å². The lowest BCUT2D eigenvalue weighted by atomic mass is 9.82. The zero-order chi connectivity index (χ0) is 29.1. The minimum absolute atomic E-state index is 0.157. The number of carbonyl (C=O) groups is 2. The van der Waals surface area contributed by atoms with E-state index in [1.807, 2.05) is 0 Å². The lowest BCUT2D eigenvalue weighted by molar-refractivity contribution is -0.262. The van der Waals surface area contributed by atoms with Gasteiger partial charge in [0.2, 0.25) is 0 Å². The highest BCUT2D eigenvalue weighted by molar-refractivity contribution is 6.31. The molecule has 4 rings (SSSR count). The molecule has 1 atom stereocenters. The Kier molecular flexibility index (Phi) is 9.29. The van der Waals surface area contributed by atoms with Crippen LogP contribution in [0.3, 0.4) is 0 Å². The van der Waals surface area contributed by atoms with Crippen molar-refractivity contribution in [1.29, 1.82) is 0 Å². The van der Waals surface area contributed by atoms with Crippen molar-refractivity contribution in [3.8, 4) is 5.75 Å². The fourth-order valence-corrected chi connectivity index (χ4v) is 5.84. The molecule has 0 spiro atoms. The van der Waals surface area contributed by atoms with E-state index in [1.54, 1.807) is 26.0 Å². The predicted octanol–water partition coefficient (Wildman–Crippen LogP) is 5.63. The van der Waals surface area contributed by atoms with Crippen LogP contribution in [0.1, 0.15) is 61.9 Å². The molecule has 0 saturated carbocycles. The van der Waals surface area contributed by atoms with Gasteiger partial charge in [0.1, 0.15) is 16.7 Å². The first kappa shape index (κ1) is 30.1. The van der Waals surface area contributed by atoms with Crippen LogP contribution < -0.4 is 9.64 Å². The summed E-state index contributed by atoms with van der Waals surface area (Å²) in [6.07, 6.45) is -0.811. The van der Waals surface area contributed by atoms with E-state index >= 15 is 0 Å². The van der Waals surface area contributed by atoms with Gasteiger partial charge in [0.25, 0.3) is 11.5 Å². The second-order valence-corrected chi connectivity index (χ2v) is 11.3. The first-order valence-electron chi connectivity index (χ1n) is 13.6. The van der Waals surface area contributed by atoms with Crippen LogP contribution in [0.25, 0.3) is 0 Å². The summed E-state index contributed by atoms with van der Waals surface area (Å²) in [6.45, 7) is 5.39. The molecule has 2 saturated heterocycles. The summed E-state index contributed by atoms with van der Waals surface area (Å²) in [5.74, 6) is 0.301. The Balaban J connectivity index is 1.33. The standard InChI is InChI=1S/C29H35ClF3N3O4/c1-19(2)40-24-5-3-4-23(17-24)28(39,29(31,32)33)27(38)36-14-10-21(11-15-36)16-20-8-12-35(13-9-20)25-7-6-22(18-37)26(30)34-25/h3-7,17-21,39H,8-16H2,1-2H3. The molecule has 2 aliphatic heterocycles. The molecule has 0 aliphatic carbocycles. The van der Waals surface area contributed by atoms with Crippen molar-refractivity contribution >= 4 is 29.6 Å². The highest BCUT2D eigenvalue weighted by atomic mass is 35.5. The Morgan fingerprint density at radius 2 is 1.73 bits per heavy atom. The van der Waals surface area contributed by atoms with Gasteiger partial charge in [-0.05, 0) is 82.1 Å². The first-order chi connectivity index (χ1) is 18.9. The fraction of sp³-hybridized carbons (Fsp3) is 0.552. The molecule has 1 aromatic carbocycles. The molecule has 7 nitrogen and oxygen atoms in total. The van der Waals surface area contributed by atoms with Gasteiger partial charge in [0, 0.05) is 31.7 Å². The second kappa shape index (κ2) is 12.3. The first-order valence-corrected chi connectivity index (χ1v) is 14.0. The summed E-state index contributed by atoms with van der Waals surface area (Å²) < 4.78 is 48.2. The van der Waals surface area contributed by atoms with Crippen LogP contribution in [-0.2, 0) is 10.4 Å². The number of nitrogens with zero attached hydrogens (tertiary/aromatic N) is 3. The third-order valence-electron chi connectivity index (χ3n) is 7.84. The highest BCUT2D eigenvalue weighted by Crippen LogP contribution is 2.42. The monoisotopic (exact) mass is 581 g/mol. The van der Waals surface area contributed by atoms with E-state index in [0.29, 0.717) is 36.5 Å². The van der Waals surface area contributed by atoms with Crippen LogP contribution >= 0.6 is 11.6 Å². The van der Waals surface area contributed by atoms with E-state index in [1.165, 1.54) is 12.1 Å². The van der Waals surface area contributed by atoms with Crippen LogP contribution in [0.2, 0.25) is 5.15 Å². The van der Waals surface area contributed by atoms with E-state index in [4.69, 9.17) is 16.3 Å². The SMILES string of the molecule is CC(C)Oc1cccc(C(O)(C(=O)N2CCC(CC3CCN(c4ccc(C=O)c(Cl)n4)CC3)CC2)C(F)(F)F)c1. The molecule has 2 aliphatic rings. The number of piperidine rings is 2. The number of carbonyl (C=O) groups excluding carboxylic acids is 2.